The van der Waals surface area contributed by atoms with E-state index in [1.165, 1.54) is 35.2 Å². The van der Waals surface area contributed by atoms with Gasteiger partial charge in [-0.05, 0) is 60.4 Å². The highest BCUT2D eigenvalue weighted by atomic mass is 79.9. The molecule has 1 atom stereocenters. The fourth-order valence-electron chi connectivity index (χ4n) is 5.77. The molecule has 1 fully saturated rings. The van der Waals surface area contributed by atoms with Gasteiger partial charge in [-0.2, -0.15) is 0 Å². The van der Waals surface area contributed by atoms with Crippen LogP contribution < -0.4 is 9.62 Å². The number of nitrogens with zero attached hydrogens (tertiary/aromatic N) is 2. The van der Waals surface area contributed by atoms with Crippen LogP contribution in [0.5, 0.6) is 0 Å². The number of rotatable bonds is 12. The number of carbonyl (C=O) groups is 2. The molecule has 0 spiro atoms. The highest BCUT2D eigenvalue weighted by Crippen LogP contribution is 2.27. The number of hydrogen-bond donors (Lipinski definition) is 1. The highest BCUT2D eigenvalue weighted by Gasteiger charge is 2.36. The van der Waals surface area contributed by atoms with E-state index in [4.69, 9.17) is 0 Å². The van der Waals surface area contributed by atoms with Gasteiger partial charge < -0.3 is 10.2 Å². The Labute approximate surface area is 278 Å². The second-order valence-electron chi connectivity index (χ2n) is 11.5. The maximum Gasteiger partial charge on any atom is 0.264 e. The largest absolute Gasteiger partial charge is 0.352 e. The first-order valence-electron chi connectivity index (χ1n) is 15.4. The molecule has 10 heteroatoms. The summed E-state index contributed by atoms with van der Waals surface area (Å²) in [6.45, 7) is -0.672. The Morgan fingerprint density at radius 1 is 0.804 bits per heavy atom. The minimum Gasteiger partial charge on any atom is -0.352 e. The summed E-state index contributed by atoms with van der Waals surface area (Å²) in [5.41, 5.74) is 1.35. The summed E-state index contributed by atoms with van der Waals surface area (Å²) in [6, 6.07) is 28.9. The second-order valence-corrected chi connectivity index (χ2v) is 14.3. The lowest BCUT2D eigenvalue weighted by atomic mass is 9.94. The average molecular weight is 707 g/mol. The molecule has 46 heavy (non-hydrogen) atoms. The molecule has 0 aliphatic heterocycles. The van der Waals surface area contributed by atoms with Crippen molar-refractivity contribution in [1.29, 1.82) is 0 Å². The van der Waals surface area contributed by atoms with Gasteiger partial charge >= 0.3 is 0 Å². The third kappa shape index (κ3) is 8.41. The van der Waals surface area contributed by atoms with E-state index in [1.807, 2.05) is 54.6 Å². The Morgan fingerprint density at radius 2 is 1.41 bits per heavy atom. The quantitative estimate of drug-likeness (QED) is 0.174. The van der Waals surface area contributed by atoms with Gasteiger partial charge in [0.05, 0.1) is 10.6 Å². The molecule has 0 radical (unpaired) electrons. The molecule has 1 aliphatic carbocycles. The van der Waals surface area contributed by atoms with Crippen molar-refractivity contribution >= 4 is 43.5 Å². The third-order valence-electron chi connectivity index (χ3n) is 8.22. The Bertz CT molecular complexity index is 1720. The molecule has 7 nitrogen and oxygen atoms in total. The van der Waals surface area contributed by atoms with E-state index in [0.717, 1.165) is 58.1 Å². The van der Waals surface area contributed by atoms with Crippen molar-refractivity contribution in [2.45, 2.75) is 62.0 Å². The fraction of sp³-hybridized carbons (Fsp3) is 0.278. The van der Waals surface area contributed by atoms with E-state index < -0.39 is 34.3 Å². The van der Waals surface area contributed by atoms with Crippen molar-refractivity contribution in [2.75, 3.05) is 10.8 Å². The number of carbonyl (C=O) groups excluding carboxylic acids is 2. The lowest BCUT2D eigenvalue weighted by Crippen LogP contribution is -2.55. The van der Waals surface area contributed by atoms with Crippen molar-refractivity contribution in [2.24, 2.45) is 0 Å². The first kappa shape index (κ1) is 33.3. The van der Waals surface area contributed by atoms with Crippen LogP contribution in [0.4, 0.5) is 10.1 Å². The minimum atomic E-state index is -4.37. The number of benzene rings is 4. The Morgan fingerprint density at radius 3 is 2.07 bits per heavy atom. The van der Waals surface area contributed by atoms with E-state index in [1.54, 1.807) is 18.2 Å². The molecule has 0 saturated heterocycles. The van der Waals surface area contributed by atoms with E-state index in [-0.39, 0.29) is 35.5 Å². The number of amides is 2. The number of hydrogen-bond acceptors (Lipinski definition) is 4. The molecule has 2 amide bonds. The maximum absolute atomic E-state index is 15.3. The molecule has 4 aromatic rings. The smallest absolute Gasteiger partial charge is 0.264 e. The third-order valence-corrected chi connectivity index (χ3v) is 10.5. The maximum atomic E-state index is 15.3. The fourth-order valence-corrected chi connectivity index (χ4v) is 7.48. The Kier molecular flexibility index (Phi) is 11.2. The standard InChI is InChI=1S/C36H37BrFN3O4S/c37-29-22-20-28(21-23-29)25-40(34(24-27-12-4-1-5-13-27)36(43)39-30-14-6-2-7-15-30)35(42)26-41(33-19-11-10-18-32(33)38)46(44,45)31-16-8-3-9-17-31/h1,3-5,8-13,16-23,30,34H,2,6-7,14-15,24-26H2,(H,39,43)/t34-/m1/s1. The van der Waals surface area contributed by atoms with Crippen LogP contribution in [0.25, 0.3) is 0 Å². The van der Waals surface area contributed by atoms with Gasteiger partial charge in [0.15, 0.2) is 0 Å². The molecule has 1 saturated carbocycles. The van der Waals surface area contributed by atoms with Crippen molar-refractivity contribution in [3.8, 4) is 0 Å². The summed E-state index contributed by atoms with van der Waals surface area (Å²) in [7, 11) is -4.37. The zero-order chi connectivity index (χ0) is 32.5. The summed E-state index contributed by atoms with van der Waals surface area (Å²) < 4.78 is 44.9. The van der Waals surface area contributed by atoms with Crippen molar-refractivity contribution in [3.05, 3.63) is 131 Å². The van der Waals surface area contributed by atoms with Crippen molar-refractivity contribution in [3.63, 3.8) is 0 Å². The SMILES string of the molecule is O=C(NC1CCCCC1)[C@@H](Cc1ccccc1)N(Cc1ccc(Br)cc1)C(=O)CN(c1ccccc1F)S(=O)(=O)c1ccccc1. The number of halogens is 2. The zero-order valence-electron chi connectivity index (χ0n) is 25.4. The van der Waals surface area contributed by atoms with Gasteiger partial charge in [0.25, 0.3) is 10.0 Å². The molecule has 1 aliphatic rings. The zero-order valence-corrected chi connectivity index (χ0v) is 27.8. The van der Waals surface area contributed by atoms with Gasteiger partial charge in [0.1, 0.15) is 18.4 Å². The average Bonchev–Trinajstić information content (AvgIpc) is 3.07. The molecular formula is C36H37BrFN3O4S. The van der Waals surface area contributed by atoms with Crippen LogP contribution in [-0.4, -0.2) is 43.8 Å². The molecule has 1 N–H and O–H groups in total. The van der Waals surface area contributed by atoms with Gasteiger partial charge in [-0.25, -0.2) is 12.8 Å². The van der Waals surface area contributed by atoms with E-state index >= 15 is 4.39 Å². The summed E-state index contributed by atoms with van der Waals surface area (Å²) in [5.74, 6) is -1.72. The second kappa shape index (κ2) is 15.5. The summed E-state index contributed by atoms with van der Waals surface area (Å²) in [6.07, 6.45) is 5.10. The number of anilines is 1. The molecule has 0 heterocycles. The summed E-state index contributed by atoms with van der Waals surface area (Å²) >= 11 is 3.45. The van der Waals surface area contributed by atoms with Gasteiger partial charge in [-0.1, -0.05) is 108 Å². The van der Waals surface area contributed by atoms with Crippen LogP contribution in [-0.2, 0) is 32.6 Å². The van der Waals surface area contributed by atoms with E-state index in [9.17, 15) is 18.0 Å². The number of nitrogens with one attached hydrogen (secondary N) is 1. The predicted molar refractivity (Wildman–Crippen MR) is 181 cm³/mol. The molecule has 240 valence electrons. The normalized spacial score (nSPS) is 14.3. The van der Waals surface area contributed by atoms with Crippen LogP contribution >= 0.6 is 15.9 Å². The van der Waals surface area contributed by atoms with Gasteiger partial charge in [-0.3, -0.25) is 13.9 Å². The first-order valence-corrected chi connectivity index (χ1v) is 17.7. The van der Waals surface area contributed by atoms with Crippen LogP contribution in [0.3, 0.4) is 0 Å². The molecule has 0 bridgehead atoms. The molecule has 0 aromatic heterocycles. The van der Waals surface area contributed by atoms with Crippen LogP contribution in [0, 0.1) is 5.82 Å². The summed E-state index contributed by atoms with van der Waals surface area (Å²) in [5, 5.41) is 3.19. The Hall–Kier alpha value is -4.02. The lowest BCUT2D eigenvalue weighted by Gasteiger charge is -2.35. The molecular weight excluding hydrogens is 669 g/mol. The number of sulfonamides is 1. The van der Waals surface area contributed by atoms with Crippen LogP contribution in [0.1, 0.15) is 43.2 Å². The topological polar surface area (TPSA) is 86.8 Å². The molecule has 5 rings (SSSR count). The molecule has 4 aromatic carbocycles. The van der Waals surface area contributed by atoms with Crippen molar-refractivity contribution in [1.82, 2.24) is 10.2 Å². The van der Waals surface area contributed by atoms with E-state index in [0.29, 0.717) is 0 Å². The highest BCUT2D eigenvalue weighted by molar-refractivity contribution is 9.10. The van der Waals surface area contributed by atoms with Gasteiger partial charge in [-0.15, -0.1) is 0 Å². The van der Waals surface area contributed by atoms with Crippen LogP contribution in [0.2, 0.25) is 0 Å². The molecule has 0 unspecified atom stereocenters. The minimum absolute atomic E-state index is 0.00229. The first-order chi connectivity index (χ1) is 22.2. The Balaban J connectivity index is 1.56. The predicted octanol–water partition coefficient (Wildman–Crippen LogP) is 6.87. The monoisotopic (exact) mass is 705 g/mol. The van der Waals surface area contributed by atoms with Crippen LogP contribution in [0.15, 0.2) is 119 Å². The summed E-state index contributed by atoms with van der Waals surface area (Å²) in [4.78, 5) is 30.0. The van der Waals surface area contributed by atoms with E-state index in [2.05, 4.69) is 21.2 Å². The lowest BCUT2D eigenvalue weighted by molar-refractivity contribution is -0.140. The van der Waals surface area contributed by atoms with Gasteiger partial charge in [0, 0.05) is 23.5 Å². The van der Waals surface area contributed by atoms with Gasteiger partial charge in [0.2, 0.25) is 11.8 Å². The number of para-hydroxylation sites is 1. The van der Waals surface area contributed by atoms with Crippen molar-refractivity contribution < 1.29 is 22.4 Å².